The van der Waals surface area contributed by atoms with Crippen LogP contribution in [0.3, 0.4) is 0 Å². The molecule has 0 aromatic heterocycles. The maximum absolute atomic E-state index is 11.5. The molecule has 0 saturated heterocycles. The van der Waals surface area contributed by atoms with E-state index < -0.39 is 29.5 Å². The Kier molecular flexibility index (Phi) is 5.97. The Morgan fingerprint density at radius 3 is 2.06 bits per heavy atom. The zero-order valence-electron chi connectivity index (χ0n) is 11.2. The number of Topliss-reactive ketones (excluding diaryl/α,β-unsaturated/α-hetero) is 1. The highest BCUT2D eigenvalue weighted by Gasteiger charge is 2.28. The van der Waals surface area contributed by atoms with Crippen molar-refractivity contribution in [3.05, 3.63) is 0 Å². The fraction of sp³-hybridized carbons (Fsp3) is 0.750. The smallest absolute Gasteiger partial charge is 0.307 e. The van der Waals surface area contributed by atoms with Gasteiger partial charge in [0.1, 0.15) is 11.4 Å². The highest BCUT2D eigenvalue weighted by Crippen LogP contribution is 2.15. The number of carboxylic acid groups (broad SMARTS) is 1. The predicted octanol–water partition coefficient (Wildman–Crippen LogP) is 0.725. The number of aliphatic carboxylic acids is 1. The number of hydrogen-bond donors (Lipinski definition) is 2. The summed E-state index contributed by atoms with van der Waals surface area (Å²) in [5.74, 6) is -3.30. The van der Waals surface area contributed by atoms with Gasteiger partial charge in [-0.15, -0.1) is 0 Å². The van der Waals surface area contributed by atoms with Crippen molar-refractivity contribution in [2.24, 2.45) is 11.7 Å². The van der Waals surface area contributed by atoms with Gasteiger partial charge in [0.2, 0.25) is 0 Å². The van der Waals surface area contributed by atoms with E-state index in [9.17, 15) is 14.4 Å². The minimum Gasteiger partial charge on any atom is -0.481 e. The topological polar surface area (TPSA) is 107 Å². The molecular formula is C12H21NO5. The van der Waals surface area contributed by atoms with Crippen LogP contribution in [0, 0.1) is 5.92 Å². The van der Waals surface area contributed by atoms with E-state index >= 15 is 0 Å². The van der Waals surface area contributed by atoms with E-state index in [2.05, 4.69) is 0 Å². The number of nitrogens with two attached hydrogens (primary N) is 1. The van der Waals surface area contributed by atoms with Crippen molar-refractivity contribution >= 4 is 17.7 Å². The fourth-order valence-electron chi connectivity index (χ4n) is 1.26. The molecule has 0 fully saturated rings. The number of carboxylic acids is 1. The average molecular weight is 259 g/mol. The van der Waals surface area contributed by atoms with Crippen LogP contribution in [0.1, 0.15) is 40.5 Å². The van der Waals surface area contributed by atoms with Crippen LogP contribution in [-0.4, -0.2) is 34.5 Å². The van der Waals surface area contributed by atoms with Gasteiger partial charge in [-0.2, -0.15) is 0 Å². The summed E-state index contributed by atoms with van der Waals surface area (Å²) in [4.78, 5) is 33.8. The zero-order valence-corrected chi connectivity index (χ0v) is 11.2. The first kappa shape index (κ1) is 16.6. The molecule has 6 nitrogen and oxygen atoms in total. The van der Waals surface area contributed by atoms with Crippen molar-refractivity contribution in [3.8, 4) is 0 Å². The largest absolute Gasteiger partial charge is 0.481 e. The van der Waals surface area contributed by atoms with Gasteiger partial charge < -0.3 is 15.6 Å². The summed E-state index contributed by atoms with van der Waals surface area (Å²) in [6.45, 7) is 6.55. The van der Waals surface area contributed by atoms with Crippen LogP contribution in [0.5, 0.6) is 0 Å². The van der Waals surface area contributed by atoms with E-state index in [0.29, 0.717) is 0 Å². The van der Waals surface area contributed by atoms with E-state index in [1.165, 1.54) is 6.92 Å². The van der Waals surface area contributed by atoms with Crippen LogP contribution in [0.4, 0.5) is 0 Å². The van der Waals surface area contributed by atoms with Crippen LogP contribution in [0.25, 0.3) is 0 Å². The lowest BCUT2D eigenvalue weighted by molar-refractivity contribution is -0.160. The number of carbonyl (C=O) groups excluding carboxylic acids is 2. The van der Waals surface area contributed by atoms with Gasteiger partial charge in [0.05, 0.1) is 18.4 Å². The summed E-state index contributed by atoms with van der Waals surface area (Å²) < 4.78 is 5.02. The van der Waals surface area contributed by atoms with Gasteiger partial charge in [-0.25, -0.2) is 0 Å². The van der Waals surface area contributed by atoms with E-state index in [1.807, 2.05) is 0 Å². The molecule has 104 valence electrons. The first-order valence-corrected chi connectivity index (χ1v) is 5.76. The molecule has 0 aliphatic carbocycles. The number of hydrogen-bond acceptors (Lipinski definition) is 5. The van der Waals surface area contributed by atoms with Gasteiger partial charge in [-0.1, -0.05) is 0 Å². The van der Waals surface area contributed by atoms with Crippen LogP contribution in [-0.2, 0) is 19.1 Å². The maximum atomic E-state index is 11.5. The summed E-state index contributed by atoms with van der Waals surface area (Å²) in [6.07, 6.45) is -0.586. The van der Waals surface area contributed by atoms with Crippen molar-refractivity contribution in [1.29, 1.82) is 0 Å². The number of carbonyl (C=O) groups is 3. The number of ether oxygens (including phenoxy) is 1. The monoisotopic (exact) mass is 259 g/mol. The Morgan fingerprint density at radius 2 is 1.72 bits per heavy atom. The van der Waals surface area contributed by atoms with E-state index in [1.54, 1.807) is 20.8 Å². The molecule has 0 aromatic rings. The normalized spacial score (nSPS) is 14.7. The van der Waals surface area contributed by atoms with Crippen molar-refractivity contribution in [2.75, 3.05) is 0 Å². The third-order valence-electron chi connectivity index (χ3n) is 2.14. The van der Waals surface area contributed by atoms with E-state index in [4.69, 9.17) is 15.6 Å². The van der Waals surface area contributed by atoms with Crippen LogP contribution in [0.2, 0.25) is 0 Å². The highest BCUT2D eigenvalue weighted by molar-refractivity contribution is 5.89. The molecule has 6 heteroatoms. The van der Waals surface area contributed by atoms with Gasteiger partial charge in [0.15, 0.2) is 0 Å². The maximum Gasteiger partial charge on any atom is 0.307 e. The molecule has 3 N–H and O–H groups in total. The first-order valence-electron chi connectivity index (χ1n) is 5.76. The lowest BCUT2D eigenvalue weighted by atomic mass is 9.96. The SMILES string of the molecule is C[C@H](N)C(=O)C[C@H](CC(=O)OC(C)(C)C)C(=O)O. The molecule has 0 aliphatic heterocycles. The number of rotatable bonds is 6. The van der Waals surface area contributed by atoms with E-state index in [0.717, 1.165) is 0 Å². The van der Waals surface area contributed by atoms with Gasteiger partial charge in [-0.3, -0.25) is 14.4 Å². The van der Waals surface area contributed by atoms with Crippen molar-refractivity contribution < 1.29 is 24.2 Å². The second-order valence-electron chi connectivity index (χ2n) is 5.28. The Bertz CT molecular complexity index is 330. The molecule has 0 aromatic carbocycles. The molecule has 0 heterocycles. The molecule has 0 radical (unpaired) electrons. The molecule has 0 spiro atoms. The molecule has 0 saturated carbocycles. The van der Waals surface area contributed by atoms with Crippen LogP contribution in [0.15, 0.2) is 0 Å². The van der Waals surface area contributed by atoms with Crippen LogP contribution >= 0.6 is 0 Å². The Labute approximate surface area is 106 Å². The molecule has 0 aliphatic rings. The summed E-state index contributed by atoms with van der Waals surface area (Å²) in [5, 5.41) is 8.95. The predicted molar refractivity (Wildman–Crippen MR) is 64.9 cm³/mol. The minimum absolute atomic E-state index is 0.258. The van der Waals surface area contributed by atoms with Gasteiger partial charge >= 0.3 is 11.9 Å². The molecule has 2 atom stereocenters. The van der Waals surface area contributed by atoms with Crippen LogP contribution < -0.4 is 5.73 Å². The third-order valence-corrected chi connectivity index (χ3v) is 2.14. The number of ketones is 1. The third kappa shape index (κ3) is 7.01. The molecule has 0 amide bonds. The summed E-state index contributed by atoms with van der Waals surface area (Å²) in [6, 6.07) is -0.731. The Balaban J connectivity index is 4.51. The molecular weight excluding hydrogens is 238 g/mol. The van der Waals surface area contributed by atoms with Gasteiger partial charge in [0, 0.05) is 6.42 Å². The second kappa shape index (κ2) is 6.49. The molecule has 0 rings (SSSR count). The van der Waals surface area contributed by atoms with Crippen molar-refractivity contribution in [1.82, 2.24) is 0 Å². The van der Waals surface area contributed by atoms with E-state index in [-0.39, 0.29) is 18.6 Å². The minimum atomic E-state index is -1.20. The molecule has 0 unspecified atom stereocenters. The second-order valence-corrected chi connectivity index (χ2v) is 5.28. The fourth-order valence-corrected chi connectivity index (χ4v) is 1.26. The lowest BCUT2D eigenvalue weighted by Crippen LogP contribution is -2.32. The average Bonchev–Trinajstić information content (AvgIpc) is 2.12. The zero-order chi connectivity index (χ0) is 14.5. The quantitative estimate of drug-likeness (QED) is 0.681. The lowest BCUT2D eigenvalue weighted by Gasteiger charge is -2.21. The first-order chi connectivity index (χ1) is 8.03. The number of esters is 1. The molecule has 0 bridgehead atoms. The Hall–Kier alpha value is -1.43. The highest BCUT2D eigenvalue weighted by atomic mass is 16.6. The summed E-state index contributed by atoms with van der Waals surface area (Å²) in [5.41, 5.74) is 4.68. The van der Waals surface area contributed by atoms with Gasteiger partial charge in [-0.05, 0) is 27.7 Å². The summed E-state index contributed by atoms with van der Waals surface area (Å²) >= 11 is 0. The molecule has 18 heavy (non-hydrogen) atoms. The van der Waals surface area contributed by atoms with Crippen molar-refractivity contribution in [2.45, 2.75) is 52.2 Å². The standard InChI is InChI=1S/C12H21NO5/c1-7(13)9(14)5-8(11(16)17)6-10(15)18-12(2,3)4/h7-8H,5-6,13H2,1-4H3,(H,16,17)/t7-,8+/m0/s1. The Morgan fingerprint density at radius 1 is 1.22 bits per heavy atom. The van der Waals surface area contributed by atoms with Gasteiger partial charge in [0.25, 0.3) is 0 Å². The van der Waals surface area contributed by atoms with Crippen molar-refractivity contribution in [3.63, 3.8) is 0 Å². The summed E-state index contributed by atoms with van der Waals surface area (Å²) in [7, 11) is 0.